The quantitative estimate of drug-likeness (QED) is 0.912. The van der Waals surface area contributed by atoms with Crippen LogP contribution in [0.2, 0.25) is 0 Å². The van der Waals surface area contributed by atoms with Crippen molar-refractivity contribution in [2.24, 2.45) is 0 Å². The first-order valence-corrected chi connectivity index (χ1v) is 7.22. The van der Waals surface area contributed by atoms with Gasteiger partial charge in [-0.2, -0.15) is 0 Å². The van der Waals surface area contributed by atoms with Gasteiger partial charge in [0, 0.05) is 29.9 Å². The van der Waals surface area contributed by atoms with Crippen molar-refractivity contribution >= 4 is 24.0 Å². The van der Waals surface area contributed by atoms with Gasteiger partial charge in [0.1, 0.15) is 5.76 Å². The first-order chi connectivity index (χ1) is 10.2. The van der Waals surface area contributed by atoms with E-state index in [0.29, 0.717) is 6.54 Å². The number of hydrogen-bond acceptors (Lipinski definition) is 4. The molecule has 5 nitrogen and oxygen atoms in total. The summed E-state index contributed by atoms with van der Waals surface area (Å²) in [5.41, 5.74) is 4.72. The molecule has 0 atom stereocenters. The third-order valence-corrected chi connectivity index (χ3v) is 3.95. The standard InChI is InChI=1S/C16H19N3O2.ClH/c1-10-14(11(2)21-19-10)9-18-16(20)13-5-3-7-15-12(13)6-4-8-17-15;/h3,5,7,17H,4,6,8-9H2,1-2H3,(H,18,20);1H. The molecule has 118 valence electrons. The van der Waals surface area contributed by atoms with Gasteiger partial charge in [0.2, 0.25) is 0 Å². The largest absolute Gasteiger partial charge is 0.385 e. The van der Waals surface area contributed by atoms with Crippen LogP contribution < -0.4 is 10.6 Å². The lowest BCUT2D eigenvalue weighted by Gasteiger charge is -2.20. The Morgan fingerprint density at radius 3 is 2.95 bits per heavy atom. The summed E-state index contributed by atoms with van der Waals surface area (Å²) in [7, 11) is 0. The van der Waals surface area contributed by atoms with E-state index in [2.05, 4.69) is 15.8 Å². The van der Waals surface area contributed by atoms with Crippen molar-refractivity contribution in [1.82, 2.24) is 10.5 Å². The summed E-state index contributed by atoms with van der Waals surface area (Å²) in [5, 5.41) is 10.2. The molecular formula is C16H20ClN3O2. The Kier molecular flexibility index (Phi) is 5.08. The van der Waals surface area contributed by atoms with Crippen LogP contribution in [0.4, 0.5) is 5.69 Å². The highest BCUT2D eigenvalue weighted by Gasteiger charge is 2.18. The van der Waals surface area contributed by atoms with Gasteiger partial charge < -0.3 is 15.2 Å². The summed E-state index contributed by atoms with van der Waals surface area (Å²) in [6.45, 7) is 5.15. The molecule has 2 heterocycles. The molecule has 2 N–H and O–H groups in total. The number of carbonyl (C=O) groups is 1. The maximum atomic E-state index is 12.4. The molecule has 0 bridgehead atoms. The Morgan fingerprint density at radius 1 is 1.41 bits per heavy atom. The number of rotatable bonds is 3. The van der Waals surface area contributed by atoms with E-state index in [0.717, 1.165) is 53.2 Å². The van der Waals surface area contributed by atoms with Crippen molar-refractivity contribution in [3.05, 3.63) is 46.3 Å². The zero-order valence-corrected chi connectivity index (χ0v) is 13.5. The highest BCUT2D eigenvalue weighted by molar-refractivity contribution is 5.97. The van der Waals surface area contributed by atoms with Crippen LogP contribution in [-0.2, 0) is 13.0 Å². The molecule has 1 aromatic carbocycles. The van der Waals surface area contributed by atoms with Crippen molar-refractivity contribution in [2.45, 2.75) is 33.2 Å². The van der Waals surface area contributed by atoms with E-state index in [1.807, 2.05) is 32.0 Å². The molecule has 1 aromatic heterocycles. The van der Waals surface area contributed by atoms with Gasteiger partial charge >= 0.3 is 0 Å². The summed E-state index contributed by atoms with van der Waals surface area (Å²) in [4.78, 5) is 12.4. The number of nitrogens with one attached hydrogen (secondary N) is 2. The van der Waals surface area contributed by atoms with Crippen molar-refractivity contribution in [3.63, 3.8) is 0 Å². The average Bonchev–Trinajstić information content (AvgIpc) is 2.83. The molecule has 22 heavy (non-hydrogen) atoms. The minimum absolute atomic E-state index is 0. The second kappa shape index (κ2) is 6.83. The number of anilines is 1. The van der Waals surface area contributed by atoms with Crippen LogP contribution in [0.25, 0.3) is 0 Å². The molecular weight excluding hydrogens is 302 g/mol. The lowest BCUT2D eigenvalue weighted by Crippen LogP contribution is -2.26. The van der Waals surface area contributed by atoms with E-state index in [-0.39, 0.29) is 18.3 Å². The number of carbonyl (C=O) groups excluding carboxylic acids is 1. The molecule has 0 saturated carbocycles. The van der Waals surface area contributed by atoms with E-state index in [1.54, 1.807) is 0 Å². The minimum Gasteiger partial charge on any atom is -0.385 e. The van der Waals surface area contributed by atoms with Crippen LogP contribution in [0.1, 0.15) is 39.4 Å². The van der Waals surface area contributed by atoms with E-state index >= 15 is 0 Å². The monoisotopic (exact) mass is 321 g/mol. The fourth-order valence-electron chi connectivity index (χ4n) is 2.74. The van der Waals surface area contributed by atoms with Crippen molar-refractivity contribution in [1.29, 1.82) is 0 Å². The first-order valence-electron chi connectivity index (χ1n) is 7.22. The number of aryl methyl sites for hydroxylation is 2. The molecule has 1 amide bonds. The second-order valence-corrected chi connectivity index (χ2v) is 5.35. The van der Waals surface area contributed by atoms with Gasteiger partial charge in [-0.15, -0.1) is 12.4 Å². The van der Waals surface area contributed by atoms with Crippen molar-refractivity contribution in [2.75, 3.05) is 11.9 Å². The van der Waals surface area contributed by atoms with Gasteiger partial charge in [0.15, 0.2) is 0 Å². The summed E-state index contributed by atoms with van der Waals surface area (Å²) >= 11 is 0. The first kappa shape index (κ1) is 16.4. The zero-order chi connectivity index (χ0) is 14.8. The predicted octanol–water partition coefficient (Wildman–Crippen LogP) is 3.00. The van der Waals surface area contributed by atoms with Crippen LogP contribution in [0.5, 0.6) is 0 Å². The highest BCUT2D eigenvalue weighted by Crippen LogP contribution is 2.25. The molecule has 0 unspecified atom stereocenters. The van der Waals surface area contributed by atoms with Crippen LogP contribution in [-0.4, -0.2) is 17.6 Å². The summed E-state index contributed by atoms with van der Waals surface area (Å²) < 4.78 is 5.11. The van der Waals surface area contributed by atoms with Crippen LogP contribution in [0.15, 0.2) is 22.7 Å². The SMILES string of the molecule is Cc1noc(C)c1CNC(=O)c1cccc2c1CCCN2.Cl. The fourth-order valence-corrected chi connectivity index (χ4v) is 2.74. The highest BCUT2D eigenvalue weighted by atomic mass is 35.5. The number of aromatic nitrogens is 1. The number of halogens is 1. The Hall–Kier alpha value is -2.01. The minimum atomic E-state index is -0.0458. The summed E-state index contributed by atoms with van der Waals surface area (Å²) in [6, 6.07) is 5.83. The lowest BCUT2D eigenvalue weighted by atomic mass is 9.97. The molecule has 0 fully saturated rings. The maximum absolute atomic E-state index is 12.4. The van der Waals surface area contributed by atoms with Gasteiger partial charge in [-0.3, -0.25) is 4.79 Å². The van der Waals surface area contributed by atoms with Crippen LogP contribution in [0.3, 0.4) is 0 Å². The molecule has 0 radical (unpaired) electrons. The molecule has 0 spiro atoms. The van der Waals surface area contributed by atoms with Crippen molar-refractivity contribution < 1.29 is 9.32 Å². The van der Waals surface area contributed by atoms with Gasteiger partial charge in [0.05, 0.1) is 5.69 Å². The van der Waals surface area contributed by atoms with Gasteiger partial charge in [-0.05, 0) is 44.4 Å². The normalized spacial score (nSPS) is 12.8. The third-order valence-electron chi connectivity index (χ3n) is 3.95. The van der Waals surface area contributed by atoms with Gasteiger partial charge in [0.25, 0.3) is 5.91 Å². The Morgan fingerprint density at radius 2 is 2.23 bits per heavy atom. The number of amides is 1. The maximum Gasteiger partial charge on any atom is 0.251 e. The van der Waals surface area contributed by atoms with Gasteiger partial charge in [-0.25, -0.2) is 0 Å². The summed E-state index contributed by atoms with van der Waals surface area (Å²) in [6.07, 6.45) is 2.00. The molecule has 2 aromatic rings. The molecule has 1 aliphatic rings. The number of fused-ring (bicyclic) bond motifs is 1. The average molecular weight is 322 g/mol. The predicted molar refractivity (Wildman–Crippen MR) is 87.6 cm³/mol. The molecule has 1 aliphatic heterocycles. The Bertz CT molecular complexity index is 663. The van der Waals surface area contributed by atoms with E-state index in [9.17, 15) is 4.79 Å². The van der Waals surface area contributed by atoms with E-state index < -0.39 is 0 Å². The molecule has 3 rings (SSSR count). The van der Waals surface area contributed by atoms with E-state index in [4.69, 9.17) is 4.52 Å². The molecule has 6 heteroatoms. The van der Waals surface area contributed by atoms with Crippen LogP contribution >= 0.6 is 12.4 Å². The number of nitrogens with zero attached hydrogens (tertiary/aromatic N) is 1. The summed E-state index contributed by atoms with van der Waals surface area (Å²) in [5.74, 6) is 0.708. The van der Waals surface area contributed by atoms with Crippen molar-refractivity contribution in [3.8, 4) is 0 Å². The Balaban J connectivity index is 0.00000176. The smallest absolute Gasteiger partial charge is 0.251 e. The number of hydrogen-bond donors (Lipinski definition) is 2. The zero-order valence-electron chi connectivity index (χ0n) is 12.7. The fraction of sp³-hybridized carbons (Fsp3) is 0.375. The molecule has 0 aliphatic carbocycles. The van der Waals surface area contributed by atoms with Crippen LogP contribution in [0, 0.1) is 13.8 Å². The number of benzene rings is 1. The topological polar surface area (TPSA) is 67.2 Å². The van der Waals surface area contributed by atoms with E-state index in [1.165, 1.54) is 0 Å². The Labute approximate surface area is 135 Å². The second-order valence-electron chi connectivity index (χ2n) is 5.35. The lowest BCUT2D eigenvalue weighted by molar-refractivity contribution is 0.0950. The van der Waals surface area contributed by atoms with Gasteiger partial charge in [-0.1, -0.05) is 11.2 Å². The third kappa shape index (κ3) is 3.09. The molecule has 0 saturated heterocycles.